The Kier molecular flexibility index (Phi) is 3.76. The number of nitrogens with zero attached hydrogens (tertiary/aromatic N) is 2. The van der Waals surface area contributed by atoms with Crippen LogP contribution in [0.4, 0.5) is 5.69 Å². The van der Waals surface area contributed by atoms with Crippen LogP contribution in [0.3, 0.4) is 0 Å². The maximum absolute atomic E-state index is 11.0. The lowest BCUT2D eigenvalue weighted by molar-refractivity contribution is -0.383. The highest BCUT2D eigenvalue weighted by Gasteiger charge is 2.16. The van der Waals surface area contributed by atoms with Gasteiger partial charge in [-0.2, -0.15) is 0 Å². The Morgan fingerprint density at radius 2 is 2.11 bits per heavy atom. The highest BCUT2D eigenvalue weighted by Crippen LogP contribution is 2.26. The molecule has 1 unspecified atom stereocenters. The third-order valence-electron chi connectivity index (χ3n) is 3.35. The number of nitro benzene ring substituents is 1. The maximum atomic E-state index is 11.0. The van der Waals surface area contributed by atoms with Crippen LogP contribution in [0.15, 0.2) is 30.5 Å². The number of benzene rings is 1. The van der Waals surface area contributed by atoms with Gasteiger partial charge in [-0.25, -0.2) is 4.98 Å². The lowest BCUT2D eigenvalue weighted by Crippen LogP contribution is -2.28. The molecule has 1 aromatic heterocycles. The molecule has 0 saturated carbocycles. The zero-order valence-electron chi connectivity index (χ0n) is 11.0. The fourth-order valence-electron chi connectivity index (χ4n) is 2.03. The number of non-ortho nitro benzene ring substituents is 1. The van der Waals surface area contributed by atoms with E-state index >= 15 is 0 Å². The van der Waals surface area contributed by atoms with Crippen molar-refractivity contribution in [2.24, 2.45) is 11.7 Å². The number of hydrogen-bond donors (Lipinski definition) is 1. The number of nitro groups is 1. The number of para-hydroxylation sites is 1. The van der Waals surface area contributed by atoms with Crippen LogP contribution in [-0.4, -0.2) is 15.9 Å². The third-order valence-corrected chi connectivity index (χ3v) is 3.35. The van der Waals surface area contributed by atoms with Crippen LogP contribution < -0.4 is 5.73 Å². The Balaban J connectivity index is 2.52. The summed E-state index contributed by atoms with van der Waals surface area (Å²) >= 11 is 0. The molecule has 0 spiro atoms. The van der Waals surface area contributed by atoms with Crippen molar-refractivity contribution < 1.29 is 4.92 Å². The normalized spacial score (nSPS) is 12.8. The van der Waals surface area contributed by atoms with Crippen molar-refractivity contribution in [2.75, 3.05) is 0 Å². The summed E-state index contributed by atoms with van der Waals surface area (Å²) in [6, 6.07) is 6.94. The Morgan fingerprint density at radius 1 is 1.37 bits per heavy atom. The summed E-state index contributed by atoms with van der Waals surface area (Å²) in [6.07, 6.45) is 2.30. The first-order valence-corrected chi connectivity index (χ1v) is 6.27. The Bertz CT molecular complexity index is 611. The number of aromatic nitrogens is 1. The molecule has 2 rings (SSSR count). The van der Waals surface area contributed by atoms with Crippen molar-refractivity contribution in [1.82, 2.24) is 4.98 Å². The molecule has 0 aliphatic carbocycles. The van der Waals surface area contributed by atoms with Crippen molar-refractivity contribution in [3.63, 3.8) is 0 Å². The maximum Gasteiger partial charge on any atom is 0.295 e. The Morgan fingerprint density at radius 3 is 2.74 bits per heavy atom. The predicted octanol–water partition coefficient (Wildman–Crippen LogP) is 2.67. The van der Waals surface area contributed by atoms with E-state index in [1.807, 2.05) is 12.1 Å². The number of fused-ring (bicyclic) bond motifs is 1. The molecular formula is C14H17N3O2. The van der Waals surface area contributed by atoms with Gasteiger partial charge >= 0.3 is 0 Å². The first-order chi connectivity index (χ1) is 9.00. The average molecular weight is 259 g/mol. The highest BCUT2D eigenvalue weighted by atomic mass is 16.6. The molecule has 0 saturated heterocycles. The Labute approximate surface area is 111 Å². The topological polar surface area (TPSA) is 82.0 Å². The number of nitrogens with two attached hydrogens (primary N) is 1. The lowest BCUT2D eigenvalue weighted by atomic mass is 9.95. The van der Waals surface area contributed by atoms with E-state index < -0.39 is 4.92 Å². The molecule has 5 heteroatoms. The summed E-state index contributed by atoms with van der Waals surface area (Å²) in [5, 5.41) is 11.8. The van der Waals surface area contributed by atoms with E-state index in [4.69, 9.17) is 5.73 Å². The van der Waals surface area contributed by atoms with Gasteiger partial charge < -0.3 is 5.73 Å². The van der Waals surface area contributed by atoms with Gasteiger partial charge in [0.05, 0.1) is 4.92 Å². The van der Waals surface area contributed by atoms with E-state index in [1.54, 1.807) is 12.3 Å². The summed E-state index contributed by atoms with van der Waals surface area (Å²) in [5.41, 5.74) is 7.56. The van der Waals surface area contributed by atoms with Gasteiger partial charge in [0.2, 0.25) is 0 Å². The highest BCUT2D eigenvalue weighted by molar-refractivity contribution is 5.89. The second kappa shape index (κ2) is 5.32. The van der Waals surface area contributed by atoms with Gasteiger partial charge in [-0.1, -0.05) is 26.0 Å². The van der Waals surface area contributed by atoms with Crippen LogP contribution in [0.25, 0.3) is 10.9 Å². The van der Waals surface area contributed by atoms with Gasteiger partial charge in [0.1, 0.15) is 5.52 Å². The molecule has 100 valence electrons. The smallest absolute Gasteiger partial charge is 0.295 e. The average Bonchev–Trinajstić information content (AvgIpc) is 2.38. The third kappa shape index (κ3) is 2.71. The summed E-state index contributed by atoms with van der Waals surface area (Å²) in [4.78, 5) is 14.7. The number of rotatable bonds is 4. The summed E-state index contributed by atoms with van der Waals surface area (Å²) in [6.45, 7) is 4.13. The number of hydrogen-bond acceptors (Lipinski definition) is 4. The van der Waals surface area contributed by atoms with E-state index in [-0.39, 0.29) is 11.7 Å². The molecule has 5 nitrogen and oxygen atoms in total. The largest absolute Gasteiger partial charge is 0.327 e. The lowest BCUT2D eigenvalue weighted by Gasteiger charge is -2.16. The first kappa shape index (κ1) is 13.4. The molecule has 0 amide bonds. The van der Waals surface area contributed by atoms with Crippen LogP contribution in [0.5, 0.6) is 0 Å². The van der Waals surface area contributed by atoms with Gasteiger partial charge in [-0.15, -0.1) is 0 Å². The van der Waals surface area contributed by atoms with Crippen LogP contribution in [0.1, 0.15) is 19.4 Å². The fraction of sp³-hybridized carbons (Fsp3) is 0.357. The molecule has 1 atom stereocenters. The zero-order chi connectivity index (χ0) is 14.0. The van der Waals surface area contributed by atoms with Gasteiger partial charge in [0.25, 0.3) is 5.69 Å². The molecular weight excluding hydrogens is 242 g/mol. The van der Waals surface area contributed by atoms with E-state index in [0.717, 1.165) is 10.9 Å². The minimum absolute atomic E-state index is 0.0323. The molecule has 0 aliphatic heterocycles. The summed E-state index contributed by atoms with van der Waals surface area (Å²) in [5.74, 6) is 0.363. The van der Waals surface area contributed by atoms with E-state index in [1.165, 1.54) is 6.07 Å². The van der Waals surface area contributed by atoms with Crippen LogP contribution >= 0.6 is 0 Å². The SMILES string of the molecule is CC(C)C(N)Cc1ccnc2c([N+](=O)[O-])cccc12. The minimum Gasteiger partial charge on any atom is -0.327 e. The summed E-state index contributed by atoms with van der Waals surface area (Å²) < 4.78 is 0. The molecule has 0 radical (unpaired) electrons. The van der Waals surface area contributed by atoms with Gasteiger partial charge in [-0.3, -0.25) is 10.1 Å². The molecule has 1 aromatic carbocycles. The molecule has 2 aromatic rings. The van der Waals surface area contributed by atoms with Gasteiger partial charge in [-0.05, 0) is 24.0 Å². The first-order valence-electron chi connectivity index (χ1n) is 6.27. The van der Waals surface area contributed by atoms with E-state index in [0.29, 0.717) is 17.9 Å². The fourth-order valence-corrected chi connectivity index (χ4v) is 2.03. The second-order valence-corrected chi connectivity index (χ2v) is 5.01. The van der Waals surface area contributed by atoms with Crippen molar-refractivity contribution >= 4 is 16.6 Å². The Hall–Kier alpha value is -2.01. The van der Waals surface area contributed by atoms with Crippen molar-refractivity contribution in [3.8, 4) is 0 Å². The van der Waals surface area contributed by atoms with Crippen LogP contribution in [-0.2, 0) is 6.42 Å². The minimum atomic E-state index is -0.401. The second-order valence-electron chi connectivity index (χ2n) is 5.01. The molecule has 1 heterocycles. The molecule has 0 bridgehead atoms. The molecule has 19 heavy (non-hydrogen) atoms. The summed E-state index contributed by atoms with van der Waals surface area (Å²) in [7, 11) is 0. The van der Waals surface area contributed by atoms with Gasteiger partial charge in [0, 0.05) is 23.7 Å². The van der Waals surface area contributed by atoms with Gasteiger partial charge in [0.15, 0.2) is 0 Å². The van der Waals surface area contributed by atoms with E-state index in [9.17, 15) is 10.1 Å². The zero-order valence-corrected chi connectivity index (χ0v) is 11.0. The number of pyridine rings is 1. The van der Waals surface area contributed by atoms with Crippen LogP contribution in [0, 0.1) is 16.0 Å². The van der Waals surface area contributed by atoms with Crippen LogP contribution in [0.2, 0.25) is 0 Å². The molecule has 0 fully saturated rings. The predicted molar refractivity (Wildman–Crippen MR) is 74.9 cm³/mol. The monoisotopic (exact) mass is 259 g/mol. The quantitative estimate of drug-likeness (QED) is 0.676. The molecule has 0 aliphatic rings. The van der Waals surface area contributed by atoms with Crippen molar-refractivity contribution in [2.45, 2.75) is 26.3 Å². The van der Waals surface area contributed by atoms with Crippen molar-refractivity contribution in [3.05, 3.63) is 46.1 Å². The standard InChI is InChI=1S/C14H17N3O2/c1-9(2)12(15)8-10-6-7-16-14-11(10)4-3-5-13(14)17(18)19/h3-7,9,12H,8,15H2,1-2H3. The molecule has 2 N–H and O–H groups in total. The van der Waals surface area contributed by atoms with Crippen molar-refractivity contribution in [1.29, 1.82) is 0 Å². The van der Waals surface area contributed by atoms with E-state index in [2.05, 4.69) is 18.8 Å².